The fourth-order valence-electron chi connectivity index (χ4n) is 4.00. The molecule has 0 spiro atoms. The maximum atomic E-state index is 11.6. The SMILES string of the molecule is Cc1cc(N2CCC3CCCCC32)c(C(=O)O)c(C)n1. The molecule has 2 fully saturated rings. The van der Waals surface area contributed by atoms with Gasteiger partial charge in [-0.05, 0) is 45.1 Å². The Morgan fingerprint density at radius 2 is 2.05 bits per heavy atom. The lowest BCUT2D eigenvalue weighted by atomic mass is 9.85. The molecule has 4 nitrogen and oxygen atoms in total. The van der Waals surface area contributed by atoms with Gasteiger partial charge in [0.2, 0.25) is 0 Å². The molecule has 0 radical (unpaired) electrons. The molecule has 2 unspecified atom stereocenters. The quantitative estimate of drug-likeness (QED) is 0.900. The van der Waals surface area contributed by atoms with Gasteiger partial charge in [0.1, 0.15) is 5.56 Å². The Balaban J connectivity index is 2.03. The number of aryl methyl sites for hydroxylation is 2. The molecule has 1 aromatic heterocycles. The summed E-state index contributed by atoms with van der Waals surface area (Å²) in [5.41, 5.74) is 2.81. The molecule has 2 aliphatic rings. The van der Waals surface area contributed by atoms with Crippen molar-refractivity contribution < 1.29 is 9.90 Å². The number of anilines is 1. The number of carboxylic acids is 1. The van der Waals surface area contributed by atoms with Gasteiger partial charge in [-0.3, -0.25) is 4.98 Å². The highest BCUT2D eigenvalue weighted by Gasteiger charge is 2.37. The monoisotopic (exact) mass is 274 g/mol. The standard InChI is InChI=1S/C16H22N2O2/c1-10-9-14(15(16(19)20)11(2)17-10)18-8-7-12-5-3-4-6-13(12)18/h9,12-13H,3-8H2,1-2H3,(H,19,20). The summed E-state index contributed by atoms with van der Waals surface area (Å²) in [6.45, 7) is 4.73. The lowest BCUT2D eigenvalue weighted by Gasteiger charge is -2.34. The van der Waals surface area contributed by atoms with Gasteiger partial charge in [-0.15, -0.1) is 0 Å². The predicted octanol–water partition coefficient (Wildman–Crippen LogP) is 3.17. The third kappa shape index (κ3) is 2.17. The topological polar surface area (TPSA) is 53.4 Å². The summed E-state index contributed by atoms with van der Waals surface area (Å²) < 4.78 is 0. The molecule has 0 bridgehead atoms. The Bertz CT molecular complexity index is 542. The van der Waals surface area contributed by atoms with Crippen LogP contribution in [0.25, 0.3) is 0 Å². The summed E-state index contributed by atoms with van der Waals surface area (Å²) >= 11 is 0. The molecule has 1 saturated heterocycles. The van der Waals surface area contributed by atoms with Crippen molar-refractivity contribution in [3.8, 4) is 0 Å². The molecule has 2 atom stereocenters. The summed E-state index contributed by atoms with van der Waals surface area (Å²) in [5.74, 6) is -0.108. The Morgan fingerprint density at radius 1 is 1.30 bits per heavy atom. The van der Waals surface area contributed by atoms with Crippen LogP contribution in [-0.4, -0.2) is 28.6 Å². The number of nitrogens with zero attached hydrogens (tertiary/aromatic N) is 2. The highest BCUT2D eigenvalue weighted by molar-refractivity contribution is 5.95. The van der Waals surface area contributed by atoms with Gasteiger partial charge in [0.25, 0.3) is 0 Å². The molecular weight excluding hydrogens is 252 g/mol. The first-order valence-electron chi connectivity index (χ1n) is 7.56. The van der Waals surface area contributed by atoms with Crippen LogP contribution >= 0.6 is 0 Å². The van der Waals surface area contributed by atoms with Crippen molar-refractivity contribution in [2.24, 2.45) is 5.92 Å². The van der Waals surface area contributed by atoms with Crippen molar-refractivity contribution in [2.75, 3.05) is 11.4 Å². The molecule has 3 rings (SSSR count). The van der Waals surface area contributed by atoms with E-state index >= 15 is 0 Å². The van der Waals surface area contributed by atoms with E-state index < -0.39 is 5.97 Å². The first kappa shape index (κ1) is 13.4. The highest BCUT2D eigenvalue weighted by atomic mass is 16.4. The summed E-state index contributed by atoms with van der Waals surface area (Å²) in [6.07, 6.45) is 6.29. The van der Waals surface area contributed by atoms with E-state index in [0.29, 0.717) is 17.3 Å². The lowest BCUT2D eigenvalue weighted by Crippen LogP contribution is -2.36. The van der Waals surface area contributed by atoms with Crippen LogP contribution in [0.5, 0.6) is 0 Å². The number of aromatic carboxylic acids is 1. The van der Waals surface area contributed by atoms with Crippen LogP contribution in [0.3, 0.4) is 0 Å². The molecule has 1 aliphatic carbocycles. The number of carbonyl (C=O) groups is 1. The van der Waals surface area contributed by atoms with Crippen LogP contribution < -0.4 is 4.90 Å². The molecule has 1 aliphatic heterocycles. The first-order chi connectivity index (χ1) is 9.58. The lowest BCUT2D eigenvalue weighted by molar-refractivity contribution is 0.0696. The Hall–Kier alpha value is -1.58. The number of hydrogen-bond acceptors (Lipinski definition) is 3. The largest absolute Gasteiger partial charge is 0.478 e. The van der Waals surface area contributed by atoms with E-state index in [4.69, 9.17) is 0 Å². The average molecular weight is 274 g/mol. The van der Waals surface area contributed by atoms with Gasteiger partial charge in [-0.2, -0.15) is 0 Å². The minimum atomic E-state index is -0.857. The number of rotatable bonds is 2. The summed E-state index contributed by atoms with van der Waals surface area (Å²) in [6, 6.07) is 2.48. The van der Waals surface area contributed by atoms with Crippen molar-refractivity contribution in [1.82, 2.24) is 4.98 Å². The fourth-order valence-corrected chi connectivity index (χ4v) is 4.00. The summed E-state index contributed by atoms with van der Waals surface area (Å²) in [4.78, 5) is 18.3. The van der Waals surface area contributed by atoms with Crippen LogP contribution in [0.2, 0.25) is 0 Å². The van der Waals surface area contributed by atoms with E-state index in [9.17, 15) is 9.90 Å². The van der Waals surface area contributed by atoms with Gasteiger partial charge < -0.3 is 10.0 Å². The van der Waals surface area contributed by atoms with Crippen LogP contribution in [0.15, 0.2) is 6.07 Å². The minimum absolute atomic E-state index is 0.391. The molecule has 0 amide bonds. The molecule has 2 heterocycles. The molecule has 1 saturated carbocycles. The van der Waals surface area contributed by atoms with E-state index in [1.807, 2.05) is 13.0 Å². The van der Waals surface area contributed by atoms with Gasteiger partial charge >= 0.3 is 5.97 Å². The Kier molecular flexibility index (Phi) is 3.40. The summed E-state index contributed by atoms with van der Waals surface area (Å²) in [5, 5.41) is 9.53. The molecule has 4 heteroatoms. The van der Waals surface area contributed by atoms with Crippen molar-refractivity contribution in [3.63, 3.8) is 0 Å². The zero-order valence-corrected chi connectivity index (χ0v) is 12.2. The maximum absolute atomic E-state index is 11.6. The van der Waals surface area contributed by atoms with Gasteiger partial charge in [0.05, 0.1) is 11.4 Å². The van der Waals surface area contributed by atoms with Crippen LogP contribution in [0, 0.1) is 19.8 Å². The second-order valence-electron chi connectivity index (χ2n) is 6.14. The molecule has 20 heavy (non-hydrogen) atoms. The van der Waals surface area contributed by atoms with E-state index in [-0.39, 0.29) is 0 Å². The number of aromatic nitrogens is 1. The molecule has 108 valence electrons. The normalized spacial score (nSPS) is 25.6. The average Bonchev–Trinajstić information content (AvgIpc) is 2.80. The third-order valence-corrected chi connectivity index (χ3v) is 4.84. The molecular formula is C16H22N2O2. The smallest absolute Gasteiger partial charge is 0.339 e. The number of pyridine rings is 1. The number of fused-ring (bicyclic) bond motifs is 1. The Labute approximate surface area is 119 Å². The number of carboxylic acid groups (broad SMARTS) is 1. The zero-order valence-electron chi connectivity index (χ0n) is 12.2. The predicted molar refractivity (Wildman–Crippen MR) is 78.4 cm³/mol. The van der Waals surface area contributed by atoms with E-state index in [1.54, 1.807) is 6.92 Å². The van der Waals surface area contributed by atoms with Gasteiger partial charge in [-0.1, -0.05) is 12.8 Å². The molecule has 1 N–H and O–H groups in total. The van der Waals surface area contributed by atoms with Crippen molar-refractivity contribution >= 4 is 11.7 Å². The van der Waals surface area contributed by atoms with Gasteiger partial charge in [0, 0.05) is 18.3 Å². The Morgan fingerprint density at radius 3 is 2.80 bits per heavy atom. The van der Waals surface area contributed by atoms with Crippen LogP contribution in [0.4, 0.5) is 5.69 Å². The van der Waals surface area contributed by atoms with E-state index in [2.05, 4.69) is 9.88 Å². The highest BCUT2D eigenvalue weighted by Crippen LogP contribution is 2.40. The zero-order chi connectivity index (χ0) is 14.3. The third-order valence-electron chi connectivity index (χ3n) is 4.84. The van der Waals surface area contributed by atoms with Crippen molar-refractivity contribution in [1.29, 1.82) is 0 Å². The second-order valence-corrected chi connectivity index (χ2v) is 6.14. The summed E-state index contributed by atoms with van der Waals surface area (Å²) in [7, 11) is 0. The number of hydrogen-bond donors (Lipinski definition) is 1. The molecule has 1 aromatic rings. The maximum Gasteiger partial charge on any atom is 0.339 e. The first-order valence-corrected chi connectivity index (χ1v) is 7.56. The van der Waals surface area contributed by atoms with Gasteiger partial charge in [0.15, 0.2) is 0 Å². The van der Waals surface area contributed by atoms with E-state index in [1.165, 1.54) is 32.1 Å². The molecule has 0 aromatic carbocycles. The minimum Gasteiger partial charge on any atom is -0.478 e. The van der Waals surface area contributed by atoms with Gasteiger partial charge in [-0.25, -0.2) is 4.79 Å². The van der Waals surface area contributed by atoms with Crippen LogP contribution in [-0.2, 0) is 0 Å². The second kappa shape index (κ2) is 5.08. The fraction of sp³-hybridized carbons (Fsp3) is 0.625. The van der Waals surface area contributed by atoms with Crippen LogP contribution in [0.1, 0.15) is 53.8 Å². The van der Waals surface area contributed by atoms with Crippen molar-refractivity contribution in [2.45, 2.75) is 52.0 Å². The van der Waals surface area contributed by atoms with E-state index in [0.717, 1.165) is 23.8 Å². The van der Waals surface area contributed by atoms with Crippen molar-refractivity contribution in [3.05, 3.63) is 23.0 Å².